The van der Waals surface area contributed by atoms with Gasteiger partial charge in [0.15, 0.2) is 0 Å². The van der Waals surface area contributed by atoms with Gasteiger partial charge < -0.3 is 15.0 Å². The van der Waals surface area contributed by atoms with E-state index in [4.69, 9.17) is 4.74 Å². The van der Waals surface area contributed by atoms with Gasteiger partial charge in [-0.05, 0) is 68.3 Å². The number of aromatic nitrogens is 1. The van der Waals surface area contributed by atoms with Crippen molar-refractivity contribution in [3.8, 4) is 5.75 Å². The van der Waals surface area contributed by atoms with Crippen molar-refractivity contribution in [1.82, 2.24) is 4.98 Å². The number of pyridine rings is 1. The average molecular weight is 322 g/mol. The number of hydrogen-bond acceptors (Lipinski definition) is 3. The van der Waals surface area contributed by atoms with E-state index in [2.05, 4.69) is 36.3 Å². The van der Waals surface area contributed by atoms with E-state index in [1.165, 1.54) is 11.1 Å². The van der Waals surface area contributed by atoms with Gasteiger partial charge in [-0.2, -0.15) is 0 Å². The highest BCUT2D eigenvalue weighted by Crippen LogP contribution is 2.20. The summed E-state index contributed by atoms with van der Waals surface area (Å²) in [5, 5.41) is 4.29. The van der Waals surface area contributed by atoms with E-state index in [9.17, 15) is 4.79 Å². The predicted molar refractivity (Wildman–Crippen MR) is 99.0 cm³/mol. The molecule has 2 aromatic carbocycles. The van der Waals surface area contributed by atoms with Crippen LogP contribution in [0.4, 0.5) is 5.69 Å². The van der Waals surface area contributed by atoms with Crippen molar-refractivity contribution >= 4 is 16.6 Å². The lowest BCUT2D eigenvalue weighted by Gasteiger charge is -2.10. The zero-order valence-electron chi connectivity index (χ0n) is 14.3. The Balaban J connectivity index is 1.86. The van der Waals surface area contributed by atoms with Crippen molar-refractivity contribution < 1.29 is 4.74 Å². The third kappa shape index (κ3) is 3.43. The van der Waals surface area contributed by atoms with Crippen LogP contribution in [0.15, 0.2) is 47.3 Å². The van der Waals surface area contributed by atoms with Gasteiger partial charge in [-0.3, -0.25) is 4.79 Å². The third-order valence-electron chi connectivity index (χ3n) is 4.19. The van der Waals surface area contributed by atoms with E-state index in [-0.39, 0.29) is 5.56 Å². The number of rotatable bonds is 5. The number of benzene rings is 2. The minimum absolute atomic E-state index is 0.0667. The topological polar surface area (TPSA) is 54.1 Å². The second-order valence-electron chi connectivity index (χ2n) is 5.96. The number of anilines is 1. The van der Waals surface area contributed by atoms with Gasteiger partial charge in [-0.25, -0.2) is 0 Å². The van der Waals surface area contributed by atoms with Crippen LogP contribution in [0, 0.1) is 13.8 Å². The van der Waals surface area contributed by atoms with Crippen molar-refractivity contribution in [3.05, 3.63) is 69.5 Å². The van der Waals surface area contributed by atoms with Crippen LogP contribution >= 0.6 is 0 Å². The number of aromatic amines is 1. The maximum absolute atomic E-state index is 12.3. The summed E-state index contributed by atoms with van der Waals surface area (Å²) in [5.74, 6) is 0.810. The molecule has 1 heterocycles. The lowest BCUT2D eigenvalue weighted by Crippen LogP contribution is -2.15. The van der Waals surface area contributed by atoms with E-state index >= 15 is 0 Å². The van der Waals surface area contributed by atoms with Crippen molar-refractivity contribution in [2.75, 3.05) is 11.9 Å². The van der Waals surface area contributed by atoms with Crippen LogP contribution in [0.3, 0.4) is 0 Å². The molecule has 0 bridgehead atoms. The lowest BCUT2D eigenvalue weighted by atomic mass is 10.1. The number of fused-ring (bicyclic) bond motifs is 1. The number of ether oxygens (including phenoxy) is 1. The molecule has 2 N–H and O–H groups in total. The van der Waals surface area contributed by atoms with E-state index in [1.807, 2.05) is 37.3 Å². The minimum atomic E-state index is -0.0667. The SMILES string of the molecule is CCOc1ccc2[nH]c(=O)c(CNc3ccc(C)c(C)c3)cc2c1. The molecule has 0 aliphatic heterocycles. The molecular weight excluding hydrogens is 300 g/mol. The van der Waals surface area contributed by atoms with Gasteiger partial charge in [-0.1, -0.05) is 6.07 Å². The van der Waals surface area contributed by atoms with E-state index < -0.39 is 0 Å². The number of nitrogens with one attached hydrogen (secondary N) is 2. The first kappa shape index (κ1) is 16.1. The summed E-state index contributed by atoms with van der Waals surface area (Å²) >= 11 is 0. The van der Waals surface area contributed by atoms with Gasteiger partial charge >= 0.3 is 0 Å². The minimum Gasteiger partial charge on any atom is -0.494 e. The Labute approximate surface area is 141 Å². The second kappa shape index (κ2) is 6.79. The summed E-state index contributed by atoms with van der Waals surface area (Å²) in [6.45, 7) is 7.22. The smallest absolute Gasteiger partial charge is 0.253 e. The molecule has 24 heavy (non-hydrogen) atoms. The van der Waals surface area contributed by atoms with Crippen LogP contribution in [-0.4, -0.2) is 11.6 Å². The Morgan fingerprint density at radius 3 is 2.62 bits per heavy atom. The molecule has 3 rings (SSSR count). The summed E-state index contributed by atoms with van der Waals surface area (Å²) in [4.78, 5) is 15.2. The van der Waals surface area contributed by atoms with Crippen LogP contribution in [0.1, 0.15) is 23.6 Å². The molecule has 4 heteroatoms. The second-order valence-corrected chi connectivity index (χ2v) is 5.96. The maximum atomic E-state index is 12.3. The molecule has 1 aromatic heterocycles. The quantitative estimate of drug-likeness (QED) is 0.742. The molecular formula is C20H22N2O2. The number of hydrogen-bond donors (Lipinski definition) is 2. The molecule has 0 saturated heterocycles. The van der Waals surface area contributed by atoms with Crippen molar-refractivity contribution in [1.29, 1.82) is 0 Å². The van der Waals surface area contributed by atoms with E-state index in [0.29, 0.717) is 18.7 Å². The van der Waals surface area contributed by atoms with Crippen molar-refractivity contribution in [2.45, 2.75) is 27.3 Å². The molecule has 3 aromatic rings. The van der Waals surface area contributed by atoms with Crippen LogP contribution < -0.4 is 15.6 Å². The van der Waals surface area contributed by atoms with Gasteiger partial charge in [0.05, 0.1) is 6.61 Å². The molecule has 0 unspecified atom stereocenters. The third-order valence-corrected chi connectivity index (χ3v) is 4.19. The zero-order chi connectivity index (χ0) is 17.1. The summed E-state index contributed by atoms with van der Waals surface area (Å²) in [5.41, 5.74) is 4.96. The molecule has 0 saturated carbocycles. The molecule has 0 spiro atoms. The fraction of sp³-hybridized carbons (Fsp3) is 0.250. The number of aryl methyl sites for hydroxylation is 2. The van der Waals surface area contributed by atoms with Crippen molar-refractivity contribution in [2.24, 2.45) is 0 Å². The Hall–Kier alpha value is -2.75. The summed E-state index contributed by atoms with van der Waals surface area (Å²) in [7, 11) is 0. The normalized spacial score (nSPS) is 10.8. The lowest BCUT2D eigenvalue weighted by molar-refractivity contribution is 0.340. The number of H-pyrrole nitrogens is 1. The monoisotopic (exact) mass is 322 g/mol. The highest BCUT2D eigenvalue weighted by molar-refractivity contribution is 5.80. The molecule has 0 aliphatic carbocycles. The predicted octanol–water partition coefficient (Wildman–Crippen LogP) is 4.16. The Morgan fingerprint density at radius 2 is 1.88 bits per heavy atom. The molecule has 0 amide bonds. The first-order chi connectivity index (χ1) is 11.6. The zero-order valence-corrected chi connectivity index (χ0v) is 14.3. The summed E-state index contributed by atoms with van der Waals surface area (Å²) in [6, 6.07) is 13.8. The van der Waals surface area contributed by atoms with Crippen LogP contribution in [-0.2, 0) is 6.54 Å². The van der Waals surface area contributed by atoms with Crippen LogP contribution in [0.5, 0.6) is 5.75 Å². The first-order valence-electron chi connectivity index (χ1n) is 8.16. The fourth-order valence-corrected chi connectivity index (χ4v) is 2.67. The Kier molecular flexibility index (Phi) is 4.56. The summed E-state index contributed by atoms with van der Waals surface area (Å²) in [6.07, 6.45) is 0. The highest BCUT2D eigenvalue weighted by Gasteiger charge is 2.05. The average Bonchev–Trinajstić information content (AvgIpc) is 2.56. The van der Waals surface area contributed by atoms with Gasteiger partial charge in [0.2, 0.25) is 0 Å². The first-order valence-corrected chi connectivity index (χ1v) is 8.16. The van der Waals surface area contributed by atoms with Gasteiger partial charge in [0, 0.05) is 28.7 Å². The molecule has 4 nitrogen and oxygen atoms in total. The maximum Gasteiger partial charge on any atom is 0.253 e. The van der Waals surface area contributed by atoms with E-state index in [1.54, 1.807) is 0 Å². The largest absolute Gasteiger partial charge is 0.494 e. The van der Waals surface area contributed by atoms with Gasteiger partial charge in [0.25, 0.3) is 5.56 Å². The summed E-state index contributed by atoms with van der Waals surface area (Å²) < 4.78 is 5.53. The van der Waals surface area contributed by atoms with Crippen molar-refractivity contribution in [3.63, 3.8) is 0 Å². The molecule has 124 valence electrons. The Bertz CT molecular complexity index is 929. The van der Waals surface area contributed by atoms with Crippen LogP contribution in [0.25, 0.3) is 10.9 Å². The Morgan fingerprint density at radius 1 is 1.04 bits per heavy atom. The fourth-order valence-electron chi connectivity index (χ4n) is 2.67. The molecule has 0 fully saturated rings. The highest BCUT2D eigenvalue weighted by atomic mass is 16.5. The van der Waals surface area contributed by atoms with Gasteiger partial charge in [-0.15, -0.1) is 0 Å². The molecule has 0 aliphatic rings. The van der Waals surface area contributed by atoms with E-state index in [0.717, 1.165) is 22.3 Å². The molecule has 0 atom stereocenters. The van der Waals surface area contributed by atoms with Crippen LogP contribution in [0.2, 0.25) is 0 Å². The van der Waals surface area contributed by atoms with Gasteiger partial charge in [0.1, 0.15) is 5.75 Å². The standard InChI is InChI=1S/C20H22N2O2/c1-4-24-18-7-8-19-15(11-18)10-16(20(23)22-19)12-21-17-6-5-13(2)14(3)9-17/h5-11,21H,4,12H2,1-3H3,(H,22,23). The molecule has 0 radical (unpaired) electrons.